The first kappa shape index (κ1) is 11.7. The minimum absolute atomic E-state index is 0.129. The van der Waals surface area contributed by atoms with Gasteiger partial charge in [-0.25, -0.2) is 0 Å². The highest BCUT2D eigenvalue weighted by Gasteiger charge is 2.10. The third-order valence-electron chi connectivity index (χ3n) is 2.52. The quantitative estimate of drug-likeness (QED) is 0.766. The molecule has 0 saturated heterocycles. The molecule has 3 heteroatoms. The second-order valence-electron chi connectivity index (χ2n) is 3.84. The minimum atomic E-state index is -0.261. The molecule has 82 valence electrons. The fourth-order valence-electron chi connectivity index (χ4n) is 1.31. The van der Waals surface area contributed by atoms with Gasteiger partial charge in [-0.1, -0.05) is 37.3 Å². The Bertz CT molecular complexity index is 311. The van der Waals surface area contributed by atoms with Crippen molar-refractivity contribution >= 4 is 5.91 Å². The van der Waals surface area contributed by atoms with Crippen molar-refractivity contribution in [2.24, 2.45) is 11.7 Å². The predicted molar refractivity (Wildman–Crippen MR) is 61.2 cm³/mol. The fourth-order valence-corrected chi connectivity index (χ4v) is 1.31. The largest absolute Gasteiger partial charge is 0.369 e. The van der Waals surface area contributed by atoms with Crippen LogP contribution in [0.25, 0.3) is 0 Å². The van der Waals surface area contributed by atoms with Crippen LogP contribution >= 0.6 is 0 Å². The second-order valence-corrected chi connectivity index (χ2v) is 3.84. The summed E-state index contributed by atoms with van der Waals surface area (Å²) in [5, 5.41) is 3.28. The summed E-state index contributed by atoms with van der Waals surface area (Å²) in [6.07, 6.45) is 0. The van der Waals surface area contributed by atoms with Crippen LogP contribution in [0.2, 0.25) is 0 Å². The van der Waals surface area contributed by atoms with Gasteiger partial charge in [0.1, 0.15) is 0 Å². The third kappa shape index (κ3) is 3.72. The molecule has 0 aromatic heterocycles. The number of rotatable bonds is 5. The molecule has 0 bridgehead atoms. The van der Waals surface area contributed by atoms with E-state index in [9.17, 15) is 4.79 Å². The lowest BCUT2D eigenvalue weighted by Gasteiger charge is -2.16. The monoisotopic (exact) mass is 206 g/mol. The van der Waals surface area contributed by atoms with Crippen molar-refractivity contribution in [1.82, 2.24) is 5.32 Å². The first-order valence-electron chi connectivity index (χ1n) is 5.19. The Morgan fingerprint density at radius 3 is 2.47 bits per heavy atom. The van der Waals surface area contributed by atoms with Gasteiger partial charge in [0.05, 0.1) is 0 Å². The normalized spacial score (nSPS) is 14.5. The topological polar surface area (TPSA) is 55.1 Å². The Hall–Kier alpha value is -1.35. The Labute approximate surface area is 90.7 Å². The average Bonchev–Trinajstić information content (AvgIpc) is 2.26. The van der Waals surface area contributed by atoms with Gasteiger partial charge in [-0.05, 0) is 12.5 Å². The summed E-state index contributed by atoms with van der Waals surface area (Å²) >= 11 is 0. The van der Waals surface area contributed by atoms with Gasteiger partial charge in [-0.2, -0.15) is 0 Å². The number of benzene rings is 1. The molecule has 1 unspecified atom stereocenters. The van der Waals surface area contributed by atoms with Crippen LogP contribution < -0.4 is 11.1 Å². The van der Waals surface area contributed by atoms with Gasteiger partial charge < -0.3 is 11.1 Å². The van der Waals surface area contributed by atoms with Crippen molar-refractivity contribution < 1.29 is 4.79 Å². The predicted octanol–water partition coefficient (Wildman–Crippen LogP) is 1.46. The third-order valence-corrected chi connectivity index (χ3v) is 2.52. The van der Waals surface area contributed by atoms with E-state index in [0.29, 0.717) is 6.54 Å². The summed E-state index contributed by atoms with van der Waals surface area (Å²) in [4.78, 5) is 10.8. The second kappa shape index (κ2) is 5.51. The first-order chi connectivity index (χ1) is 7.11. The number of hydrogen-bond donors (Lipinski definition) is 2. The molecule has 1 amide bonds. The summed E-state index contributed by atoms with van der Waals surface area (Å²) in [6.45, 7) is 4.52. The maximum absolute atomic E-state index is 10.8. The van der Waals surface area contributed by atoms with Crippen molar-refractivity contribution in [3.63, 3.8) is 0 Å². The molecule has 0 saturated carbocycles. The van der Waals surface area contributed by atoms with Crippen LogP contribution in [-0.4, -0.2) is 12.5 Å². The molecule has 0 heterocycles. The molecule has 3 N–H and O–H groups in total. The lowest BCUT2D eigenvalue weighted by molar-refractivity contribution is -0.121. The zero-order valence-electron chi connectivity index (χ0n) is 9.23. The Morgan fingerprint density at radius 1 is 1.33 bits per heavy atom. The van der Waals surface area contributed by atoms with Crippen molar-refractivity contribution in [2.75, 3.05) is 6.54 Å². The lowest BCUT2D eigenvalue weighted by atomic mass is 10.1. The molecule has 1 aromatic carbocycles. The van der Waals surface area contributed by atoms with Crippen molar-refractivity contribution in [2.45, 2.75) is 19.9 Å². The van der Waals surface area contributed by atoms with Crippen LogP contribution in [0.15, 0.2) is 30.3 Å². The molecule has 0 aliphatic heterocycles. The number of primary amides is 1. The standard InChI is InChI=1S/C12H18N2O/c1-9(12(13)15)8-14-10(2)11-6-4-3-5-7-11/h3-7,9-10,14H,8H2,1-2H3,(H2,13,15)/t9?,10-/m0/s1. The number of carbonyl (C=O) groups excluding carboxylic acids is 1. The maximum Gasteiger partial charge on any atom is 0.221 e. The fraction of sp³-hybridized carbons (Fsp3) is 0.417. The summed E-state index contributed by atoms with van der Waals surface area (Å²) in [5.41, 5.74) is 6.40. The zero-order chi connectivity index (χ0) is 11.3. The van der Waals surface area contributed by atoms with Gasteiger partial charge in [0.2, 0.25) is 5.91 Å². The zero-order valence-corrected chi connectivity index (χ0v) is 9.23. The summed E-state index contributed by atoms with van der Waals surface area (Å²) in [6, 6.07) is 10.4. The Kier molecular flexibility index (Phi) is 4.31. The number of nitrogens with two attached hydrogens (primary N) is 1. The smallest absolute Gasteiger partial charge is 0.221 e. The van der Waals surface area contributed by atoms with Crippen LogP contribution in [0.1, 0.15) is 25.5 Å². The SMILES string of the molecule is CC(CN[C@@H](C)c1ccccc1)C(N)=O. The number of hydrogen-bond acceptors (Lipinski definition) is 2. The van der Waals surface area contributed by atoms with Gasteiger partial charge in [-0.15, -0.1) is 0 Å². The summed E-state index contributed by atoms with van der Waals surface area (Å²) in [5.74, 6) is -0.390. The molecule has 2 atom stereocenters. The van der Waals surface area contributed by atoms with Crippen LogP contribution in [0.3, 0.4) is 0 Å². The van der Waals surface area contributed by atoms with E-state index in [4.69, 9.17) is 5.73 Å². The molecule has 0 aliphatic carbocycles. The van der Waals surface area contributed by atoms with Gasteiger partial charge in [0.15, 0.2) is 0 Å². The summed E-state index contributed by atoms with van der Waals surface area (Å²) < 4.78 is 0. The van der Waals surface area contributed by atoms with Crippen LogP contribution in [0.5, 0.6) is 0 Å². The van der Waals surface area contributed by atoms with E-state index in [1.54, 1.807) is 0 Å². The Morgan fingerprint density at radius 2 is 1.93 bits per heavy atom. The number of amides is 1. The van der Waals surface area contributed by atoms with Crippen molar-refractivity contribution in [3.05, 3.63) is 35.9 Å². The van der Waals surface area contributed by atoms with E-state index < -0.39 is 0 Å². The highest BCUT2D eigenvalue weighted by atomic mass is 16.1. The highest BCUT2D eigenvalue weighted by Crippen LogP contribution is 2.11. The van der Waals surface area contributed by atoms with Crippen LogP contribution in [0.4, 0.5) is 0 Å². The molecule has 0 aliphatic rings. The first-order valence-corrected chi connectivity index (χ1v) is 5.19. The minimum Gasteiger partial charge on any atom is -0.369 e. The molecular weight excluding hydrogens is 188 g/mol. The highest BCUT2D eigenvalue weighted by molar-refractivity contribution is 5.76. The van der Waals surface area contributed by atoms with Gasteiger partial charge in [0, 0.05) is 18.5 Å². The van der Waals surface area contributed by atoms with Gasteiger partial charge >= 0.3 is 0 Å². The number of carbonyl (C=O) groups is 1. The van der Waals surface area contributed by atoms with E-state index in [2.05, 4.69) is 24.4 Å². The number of nitrogens with one attached hydrogen (secondary N) is 1. The lowest BCUT2D eigenvalue weighted by Crippen LogP contribution is -2.32. The molecule has 0 spiro atoms. The molecular formula is C12H18N2O. The van der Waals surface area contributed by atoms with E-state index >= 15 is 0 Å². The molecule has 15 heavy (non-hydrogen) atoms. The molecule has 1 rings (SSSR count). The van der Waals surface area contributed by atoms with Crippen LogP contribution in [-0.2, 0) is 4.79 Å². The van der Waals surface area contributed by atoms with E-state index in [1.807, 2.05) is 25.1 Å². The van der Waals surface area contributed by atoms with E-state index in [0.717, 1.165) is 0 Å². The van der Waals surface area contributed by atoms with Gasteiger partial charge in [0.25, 0.3) is 0 Å². The molecule has 1 aromatic rings. The molecule has 3 nitrogen and oxygen atoms in total. The van der Waals surface area contributed by atoms with E-state index in [1.165, 1.54) is 5.56 Å². The van der Waals surface area contributed by atoms with Crippen molar-refractivity contribution in [1.29, 1.82) is 0 Å². The van der Waals surface area contributed by atoms with Crippen LogP contribution in [0, 0.1) is 5.92 Å². The van der Waals surface area contributed by atoms with E-state index in [-0.39, 0.29) is 17.9 Å². The molecule has 0 fully saturated rings. The Balaban J connectivity index is 2.43. The molecule has 0 radical (unpaired) electrons. The summed E-state index contributed by atoms with van der Waals surface area (Å²) in [7, 11) is 0. The maximum atomic E-state index is 10.8. The van der Waals surface area contributed by atoms with Gasteiger partial charge in [-0.3, -0.25) is 4.79 Å². The average molecular weight is 206 g/mol. The van der Waals surface area contributed by atoms with Crippen molar-refractivity contribution in [3.8, 4) is 0 Å².